The van der Waals surface area contributed by atoms with Crippen LogP contribution in [0.25, 0.3) is 0 Å². The molecule has 0 radical (unpaired) electrons. The van der Waals surface area contributed by atoms with E-state index in [0.717, 1.165) is 11.4 Å². The Balaban J connectivity index is 1.51. The van der Waals surface area contributed by atoms with Crippen molar-refractivity contribution in [3.63, 3.8) is 0 Å². The molecule has 0 N–H and O–H groups in total. The quantitative estimate of drug-likeness (QED) is 0.754. The number of halogens is 1. The highest BCUT2D eigenvalue weighted by Crippen LogP contribution is 2.28. The number of benzene rings is 2. The van der Waals surface area contributed by atoms with Crippen molar-refractivity contribution in [1.82, 2.24) is 4.90 Å². The van der Waals surface area contributed by atoms with Crippen molar-refractivity contribution < 1.29 is 23.5 Å². The molecule has 3 rings (SSSR count). The average molecular weight is 372 g/mol. The van der Waals surface area contributed by atoms with Crippen LogP contribution < -0.4 is 9.64 Å². The molecule has 0 unspecified atom stereocenters. The number of nitrogens with zero attached hydrogens (tertiary/aromatic N) is 2. The van der Waals surface area contributed by atoms with Crippen LogP contribution in [0.1, 0.15) is 10.4 Å². The molecule has 0 saturated carbocycles. The summed E-state index contributed by atoms with van der Waals surface area (Å²) in [6.45, 7) is 1.91. The molecule has 1 saturated heterocycles. The van der Waals surface area contributed by atoms with E-state index in [4.69, 9.17) is 9.47 Å². The minimum Gasteiger partial charge on any atom is -0.495 e. The number of anilines is 1. The molecule has 0 aliphatic carbocycles. The van der Waals surface area contributed by atoms with Gasteiger partial charge in [0, 0.05) is 26.2 Å². The first-order chi connectivity index (χ1) is 13.1. The number of amides is 1. The number of piperazine rings is 1. The Hall–Kier alpha value is -3.09. The molecule has 0 aromatic heterocycles. The fourth-order valence-corrected chi connectivity index (χ4v) is 3.01. The maximum atomic E-state index is 13.6. The highest BCUT2D eigenvalue weighted by molar-refractivity contribution is 5.91. The van der Waals surface area contributed by atoms with Crippen LogP contribution in [0, 0.1) is 5.82 Å². The number of carbonyl (C=O) groups excluding carboxylic acids is 2. The summed E-state index contributed by atoms with van der Waals surface area (Å²) in [6.07, 6.45) is 0. The van der Waals surface area contributed by atoms with Crippen LogP contribution in [0.2, 0.25) is 0 Å². The first kappa shape index (κ1) is 18.7. The monoisotopic (exact) mass is 372 g/mol. The van der Waals surface area contributed by atoms with Gasteiger partial charge in [-0.05, 0) is 24.3 Å². The second-order valence-electron chi connectivity index (χ2n) is 6.10. The second-order valence-corrected chi connectivity index (χ2v) is 6.10. The Labute approximate surface area is 157 Å². The van der Waals surface area contributed by atoms with Gasteiger partial charge in [-0.2, -0.15) is 0 Å². The maximum absolute atomic E-state index is 13.6. The Morgan fingerprint density at radius 2 is 1.67 bits per heavy atom. The zero-order valence-corrected chi connectivity index (χ0v) is 15.1. The molecule has 27 heavy (non-hydrogen) atoms. The van der Waals surface area contributed by atoms with Gasteiger partial charge in [-0.15, -0.1) is 0 Å². The number of hydrogen-bond donors (Lipinski definition) is 0. The highest BCUT2D eigenvalue weighted by atomic mass is 19.1. The van der Waals surface area contributed by atoms with E-state index in [1.54, 1.807) is 18.1 Å². The topological polar surface area (TPSA) is 59.1 Å². The summed E-state index contributed by atoms with van der Waals surface area (Å²) in [4.78, 5) is 28.0. The Bertz CT molecular complexity index is 819. The number of hydrogen-bond acceptors (Lipinski definition) is 5. The smallest absolute Gasteiger partial charge is 0.341 e. The van der Waals surface area contributed by atoms with Crippen molar-refractivity contribution in [3.8, 4) is 5.75 Å². The lowest BCUT2D eigenvalue weighted by Crippen LogP contribution is -2.50. The number of para-hydroxylation sites is 2. The van der Waals surface area contributed by atoms with E-state index in [2.05, 4.69) is 4.90 Å². The van der Waals surface area contributed by atoms with E-state index in [0.29, 0.717) is 26.2 Å². The highest BCUT2D eigenvalue weighted by Gasteiger charge is 2.24. The predicted octanol–water partition coefficient (Wildman–Crippen LogP) is 2.34. The molecule has 1 fully saturated rings. The minimum absolute atomic E-state index is 0.175. The van der Waals surface area contributed by atoms with Crippen molar-refractivity contribution in [1.29, 1.82) is 0 Å². The van der Waals surface area contributed by atoms with Crippen LogP contribution >= 0.6 is 0 Å². The third-order valence-corrected chi connectivity index (χ3v) is 4.48. The van der Waals surface area contributed by atoms with E-state index < -0.39 is 18.4 Å². The van der Waals surface area contributed by atoms with Crippen molar-refractivity contribution in [2.75, 3.05) is 44.8 Å². The largest absolute Gasteiger partial charge is 0.495 e. The fourth-order valence-electron chi connectivity index (χ4n) is 3.01. The summed E-state index contributed by atoms with van der Waals surface area (Å²) in [5.74, 6) is -1.01. The van der Waals surface area contributed by atoms with E-state index in [-0.39, 0.29) is 11.5 Å². The number of carbonyl (C=O) groups is 2. The standard InChI is InChI=1S/C20H21FN2O4/c1-26-18-9-5-4-8-17(18)22-10-12-23(13-11-22)19(24)14-27-20(25)15-6-2-3-7-16(15)21/h2-9H,10-14H2,1H3. The van der Waals surface area contributed by atoms with Crippen molar-refractivity contribution >= 4 is 17.6 Å². The summed E-state index contributed by atoms with van der Waals surface area (Å²) >= 11 is 0. The predicted molar refractivity (Wildman–Crippen MR) is 98.5 cm³/mol. The molecule has 0 spiro atoms. The molecule has 1 aliphatic rings. The molecule has 0 atom stereocenters. The second kappa shape index (κ2) is 8.53. The summed E-state index contributed by atoms with van der Waals surface area (Å²) < 4.78 is 23.9. The van der Waals surface area contributed by atoms with Gasteiger partial charge in [0.15, 0.2) is 6.61 Å². The van der Waals surface area contributed by atoms with Crippen molar-refractivity contribution in [2.24, 2.45) is 0 Å². The van der Waals surface area contributed by atoms with Crippen LogP contribution in [0.4, 0.5) is 10.1 Å². The summed E-state index contributed by atoms with van der Waals surface area (Å²) in [5, 5.41) is 0. The zero-order chi connectivity index (χ0) is 19.2. The van der Waals surface area contributed by atoms with Crippen LogP contribution in [-0.4, -0.2) is 56.7 Å². The number of methoxy groups -OCH3 is 1. The molecule has 7 heteroatoms. The lowest BCUT2D eigenvalue weighted by Gasteiger charge is -2.36. The normalized spacial score (nSPS) is 14.0. The van der Waals surface area contributed by atoms with Gasteiger partial charge in [0.25, 0.3) is 5.91 Å². The number of ether oxygens (including phenoxy) is 2. The van der Waals surface area contributed by atoms with Gasteiger partial charge in [0.2, 0.25) is 0 Å². The summed E-state index contributed by atoms with van der Waals surface area (Å²) in [5.41, 5.74) is 0.810. The molecule has 1 heterocycles. The molecule has 2 aromatic carbocycles. The average Bonchev–Trinajstić information content (AvgIpc) is 2.72. The Morgan fingerprint density at radius 3 is 2.37 bits per heavy atom. The third-order valence-electron chi connectivity index (χ3n) is 4.48. The molecular formula is C20H21FN2O4. The van der Waals surface area contributed by atoms with Crippen LogP contribution in [0.15, 0.2) is 48.5 Å². The summed E-state index contributed by atoms with van der Waals surface area (Å²) in [7, 11) is 1.63. The summed E-state index contributed by atoms with van der Waals surface area (Å²) in [6, 6.07) is 13.3. The first-order valence-electron chi connectivity index (χ1n) is 8.67. The van der Waals surface area contributed by atoms with Crippen molar-refractivity contribution in [2.45, 2.75) is 0 Å². The van der Waals surface area contributed by atoms with E-state index >= 15 is 0 Å². The minimum atomic E-state index is -0.839. The maximum Gasteiger partial charge on any atom is 0.341 e. The fraction of sp³-hybridized carbons (Fsp3) is 0.300. The molecule has 2 aromatic rings. The van der Waals surface area contributed by atoms with E-state index in [9.17, 15) is 14.0 Å². The van der Waals surface area contributed by atoms with E-state index in [1.165, 1.54) is 18.2 Å². The molecule has 1 aliphatic heterocycles. The van der Waals surface area contributed by atoms with Crippen LogP contribution in [-0.2, 0) is 9.53 Å². The van der Waals surface area contributed by atoms with Crippen LogP contribution in [0.5, 0.6) is 5.75 Å². The van der Waals surface area contributed by atoms with Gasteiger partial charge in [-0.1, -0.05) is 24.3 Å². The molecule has 142 valence electrons. The van der Waals surface area contributed by atoms with Gasteiger partial charge in [0.05, 0.1) is 18.4 Å². The molecule has 6 nitrogen and oxygen atoms in total. The Kier molecular flexibility index (Phi) is 5.90. The number of esters is 1. The van der Waals surface area contributed by atoms with E-state index in [1.807, 2.05) is 24.3 Å². The first-order valence-corrected chi connectivity index (χ1v) is 8.67. The molecular weight excluding hydrogens is 351 g/mol. The van der Waals surface area contributed by atoms with Gasteiger partial charge in [-0.3, -0.25) is 4.79 Å². The van der Waals surface area contributed by atoms with Gasteiger partial charge in [-0.25, -0.2) is 9.18 Å². The lowest BCUT2D eigenvalue weighted by atomic mass is 10.2. The van der Waals surface area contributed by atoms with Crippen LogP contribution in [0.3, 0.4) is 0 Å². The van der Waals surface area contributed by atoms with Gasteiger partial charge < -0.3 is 19.3 Å². The lowest BCUT2D eigenvalue weighted by molar-refractivity contribution is -0.134. The third kappa shape index (κ3) is 4.36. The van der Waals surface area contributed by atoms with Crippen molar-refractivity contribution in [3.05, 3.63) is 59.9 Å². The molecule has 0 bridgehead atoms. The molecule has 1 amide bonds. The zero-order valence-electron chi connectivity index (χ0n) is 15.1. The SMILES string of the molecule is COc1ccccc1N1CCN(C(=O)COC(=O)c2ccccc2F)CC1. The van der Waals surface area contributed by atoms with Gasteiger partial charge in [0.1, 0.15) is 11.6 Å². The number of rotatable bonds is 5. The Morgan fingerprint density at radius 1 is 1.00 bits per heavy atom. The van der Waals surface area contributed by atoms with Gasteiger partial charge >= 0.3 is 5.97 Å².